The third kappa shape index (κ3) is 2.19. The lowest BCUT2D eigenvalue weighted by atomic mass is 10.3. The molecule has 0 fully saturated rings. The van der Waals surface area contributed by atoms with E-state index in [1.54, 1.807) is 32.4 Å². The summed E-state index contributed by atoms with van der Waals surface area (Å²) in [4.78, 5) is 0. The Kier molecular flexibility index (Phi) is 3.19. The van der Waals surface area contributed by atoms with Crippen molar-refractivity contribution in [3.63, 3.8) is 0 Å². The van der Waals surface area contributed by atoms with Gasteiger partial charge in [0.1, 0.15) is 11.5 Å². The molecule has 6 nitrogen and oxygen atoms in total. The van der Waals surface area contributed by atoms with Crippen molar-refractivity contribution >= 4 is 15.9 Å². The zero-order chi connectivity index (χ0) is 12.4. The second-order valence-corrected chi connectivity index (χ2v) is 3.89. The summed E-state index contributed by atoms with van der Waals surface area (Å²) in [5.74, 6) is 0.634. The zero-order valence-corrected chi connectivity index (χ0v) is 10.7. The third-order valence-electron chi connectivity index (χ3n) is 2.14. The normalized spacial score (nSPS) is 10.3. The quantitative estimate of drug-likeness (QED) is 0.784. The number of halogens is 1. The second-order valence-electron chi connectivity index (χ2n) is 3.13. The third-order valence-corrected chi connectivity index (χ3v) is 2.80. The first kappa shape index (κ1) is 11.7. The van der Waals surface area contributed by atoms with Crippen molar-refractivity contribution in [2.75, 3.05) is 14.2 Å². The van der Waals surface area contributed by atoms with E-state index in [-0.39, 0.29) is 4.60 Å². The molecule has 0 spiro atoms. The minimum atomic E-state index is -0.549. The molecule has 17 heavy (non-hydrogen) atoms. The van der Waals surface area contributed by atoms with E-state index in [2.05, 4.69) is 25.7 Å². The monoisotopic (exact) mass is 300 g/mol. The van der Waals surface area contributed by atoms with E-state index in [0.717, 1.165) is 0 Å². The number of nitrogens with zero attached hydrogens (tertiary/aromatic N) is 2. The number of hydrogen-bond acceptors (Lipinski definition) is 5. The van der Waals surface area contributed by atoms with Crippen LogP contribution in [-0.2, 0) is 0 Å². The van der Waals surface area contributed by atoms with Crippen molar-refractivity contribution in [1.82, 2.24) is 5.27 Å². The summed E-state index contributed by atoms with van der Waals surface area (Å²) < 4.78 is 16.3. The Morgan fingerprint density at radius 1 is 1.24 bits per heavy atom. The van der Waals surface area contributed by atoms with Gasteiger partial charge in [0, 0.05) is 22.0 Å². The molecule has 90 valence electrons. The Morgan fingerprint density at radius 2 is 1.82 bits per heavy atom. The highest BCUT2D eigenvalue weighted by Gasteiger charge is 2.19. The highest BCUT2D eigenvalue weighted by atomic mass is 79.9. The Labute approximate surface area is 105 Å². The van der Waals surface area contributed by atoms with Gasteiger partial charge in [0.15, 0.2) is 5.95 Å². The lowest BCUT2D eigenvalue weighted by molar-refractivity contribution is -0.680. The number of aromatic nitrogens is 2. The molecule has 2 rings (SSSR count). The molecule has 0 unspecified atom stereocenters. The summed E-state index contributed by atoms with van der Waals surface area (Å²) in [6.07, 6.45) is 0. The SMILES string of the molecule is COc1cc(OC)cc(-[n+]2noc([O-])c2Br)c1. The number of ether oxygens (including phenoxy) is 2. The minimum absolute atomic E-state index is 0.202. The van der Waals surface area contributed by atoms with E-state index in [1.165, 1.54) is 4.68 Å². The predicted molar refractivity (Wildman–Crippen MR) is 58.3 cm³/mol. The van der Waals surface area contributed by atoms with Crippen LogP contribution < -0.4 is 19.3 Å². The van der Waals surface area contributed by atoms with Crippen molar-refractivity contribution in [2.45, 2.75) is 0 Å². The van der Waals surface area contributed by atoms with Gasteiger partial charge in [0.2, 0.25) is 5.69 Å². The van der Waals surface area contributed by atoms with Gasteiger partial charge < -0.3 is 19.1 Å². The molecule has 0 aliphatic heterocycles. The van der Waals surface area contributed by atoms with Crippen molar-refractivity contribution < 1.29 is 23.8 Å². The maximum atomic E-state index is 11.2. The first-order valence-electron chi connectivity index (χ1n) is 4.63. The van der Waals surface area contributed by atoms with Crippen LogP contribution in [0.25, 0.3) is 5.69 Å². The zero-order valence-electron chi connectivity index (χ0n) is 9.14. The highest BCUT2D eigenvalue weighted by Crippen LogP contribution is 2.24. The van der Waals surface area contributed by atoms with Gasteiger partial charge in [-0.2, -0.15) is 0 Å². The molecular weight excluding hydrogens is 292 g/mol. The van der Waals surface area contributed by atoms with E-state index < -0.39 is 5.95 Å². The van der Waals surface area contributed by atoms with Gasteiger partial charge in [-0.3, -0.25) is 0 Å². The van der Waals surface area contributed by atoms with E-state index in [9.17, 15) is 5.11 Å². The van der Waals surface area contributed by atoms with Crippen LogP contribution in [0.4, 0.5) is 0 Å². The molecule has 1 aromatic heterocycles. The first-order valence-corrected chi connectivity index (χ1v) is 5.43. The molecule has 0 aliphatic carbocycles. The summed E-state index contributed by atoms with van der Waals surface area (Å²) >= 11 is 3.09. The molecule has 0 aliphatic rings. The fourth-order valence-electron chi connectivity index (χ4n) is 1.31. The fourth-order valence-corrected chi connectivity index (χ4v) is 1.65. The molecule has 0 radical (unpaired) electrons. The topological polar surface area (TPSA) is 71.4 Å². The highest BCUT2D eigenvalue weighted by molar-refractivity contribution is 9.10. The van der Waals surface area contributed by atoms with Crippen molar-refractivity contribution in [1.29, 1.82) is 0 Å². The van der Waals surface area contributed by atoms with Crippen LogP contribution in [0.1, 0.15) is 0 Å². The van der Waals surface area contributed by atoms with Crippen LogP contribution in [0, 0.1) is 0 Å². The standard InChI is InChI=1S/C10H9BrN2O4/c1-15-7-3-6(4-8(5-7)16-2)13-9(11)10(14)17-12-13/h3-5H,1-2H3. The van der Waals surface area contributed by atoms with Gasteiger partial charge in [-0.15, -0.1) is 0 Å². The Bertz CT molecular complexity index is 519. The number of methoxy groups -OCH3 is 2. The molecule has 0 N–H and O–H groups in total. The Hall–Kier alpha value is -1.76. The van der Waals surface area contributed by atoms with Gasteiger partial charge in [-0.05, 0) is 4.68 Å². The van der Waals surface area contributed by atoms with Gasteiger partial charge in [0.25, 0.3) is 0 Å². The summed E-state index contributed by atoms with van der Waals surface area (Å²) in [6.45, 7) is 0. The molecule has 0 atom stereocenters. The molecule has 7 heteroatoms. The summed E-state index contributed by atoms with van der Waals surface area (Å²) in [6, 6.07) is 5.13. The minimum Gasteiger partial charge on any atom is -0.538 e. The van der Waals surface area contributed by atoms with Gasteiger partial charge in [-0.1, -0.05) is 0 Å². The van der Waals surface area contributed by atoms with Gasteiger partial charge in [-0.25, -0.2) is 0 Å². The average Bonchev–Trinajstić information content (AvgIpc) is 2.69. The van der Waals surface area contributed by atoms with Crippen LogP contribution in [0.15, 0.2) is 27.3 Å². The molecule has 1 aromatic carbocycles. The number of rotatable bonds is 3. The van der Waals surface area contributed by atoms with E-state index in [0.29, 0.717) is 17.2 Å². The van der Waals surface area contributed by atoms with Crippen molar-refractivity contribution in [3.8, 4) is 23.1 Å². The van der Waals surface area contributed by atoms with Crippen LogP contribution in [0.5, 0.6) is 17.4 Å². The molecule has 0 amide bonds. The fraction of sp³-hybridized carbons (Fsp3) is 0.200. The van der Waals surface area contributed by atoms with Crippen LogP contribution >= 0.6 is 15.9 Å². The Balaban J connectivity index is 2.54. The lowest BCUT2D eigenvalue weighted by Crippen LogP contribution is -2.33. The first-order chi connectivity index (χ1) is 8.15. The molecular formula is C10H9BrN2O4. The van der Waals surface area contributed by atoms with E-state index in [1.807, 2.05) is 0 Å². The average molecular weight is 301 g/mol. The molecule has 0 bridgehead atoms. The summed E-state index contributed by atoms with van der Waals surface area (Å²) in [5.41, 5.74) is 0.596. The lowest BCUT2D eigenvalue weighted by Gasteiger charge is -2.03. The van der Waals surface area contributed by atoms with Crippen molar-refractivity contribution in [2.24, 2.45) is 0 Å². The largest absolute Gasteiger partial charge is 0.538 e. The second kappa shape index (κ2) is 4.62. The predicted octanol–water partition coefficient (Wildman–Crippen LogP) is 0.805. The Morgan fingerprint density at radius 3 is 2.24 bits per heavy atom. The summed E-state index contributed by atoms with van der Waals surface area (Å²) in [5, 5.41) is 14.8. The van der Waals surface area contributed by atoms with Crippen LogP contribution in [0.2, 0.25) is 0 Å². The molecule has 0 saturated heterocycles. The molecule has 2 aromatic rings. The molecule has 0 saturated carbocycles. The van der Waals surface area contributed by atoms with E-state index in [4.69, 9.17) is 9.47 Å². The molecule has 1 heterocycles. The van der Waals surface area contributed by atoms with Gasteiger partial charge >= 0.3 is 4.60 Å². The van der Waals surface area contributed by atoms with E-state index >= 15 is 0 Å². The summed E-state index contributed by atoms with van der Waals surface area (Å²) in [7, 11) is 3.08. The number of benzene rings is 1. The maximum Gasteiger partial charge on any atom is 0.305 e. The van der Waals surface area contributed by atoms with Gasteiger partial charge in [0.05, 0.1) is 31.6 Å². The van der Waals surface area contributed by atoms with Crippen LogP contribution in [-0.4, -0.2) is 19.5 Å². The smallest absolute Gasteiger partial charge is 0.305 e. The van der Waals surface area contributed by atoms with Crippen molar-refractivity contribution in [3.05, 3.63) is 22.8 Å². The number of hydrogen-bond donors (Lipinski definition) is 0. The van der Waals surface area contributed by atoms with Crippen LogP contribution in [0.3, 0.4) is 0 Å². The maximum absolute atomic E-state index is 11.2.